The Kier molecular flexibility index (Phi) is 6.52. The summed E-state index contributed by atoms with van der Waals surface area (Å²) in [5.41, 5.74) is 0. The lowest BCUT2D eigenvalue weighted by molar-refractivity contribution is -0.120. The average molecular weight is 241 g/mol. The minimum Gasteiger partial charge on any atom is -0.359 e. The van der Waals surface area contributed by atoms with Crippen molar-refractivity contribution in [2.75, 3.05) is 33.2 Å². The fourth-order valence-electron chi connectivity index (χ4n) is 2.47. The van der Waals surface area contributed by atoms with Crippen LogP contribution < -0.4 is 10.6 Å². The van der Waals surface area contributed by atoms with E-state index in [9.17, 15) is 4.79 Å². The Labute approximate surface area is 105 Å². The molecular formula is C13H27N3O. The van der Waals surface area contributed by atoms with Crippen LogP contribution in [0.2, 0.25) is 0 Å². The zero-order valence-electron chi connectivity index (χ0n) is 11.5. The number of rotatable bonds is 6. The zero-order chi connectivity index (χ0) is 12.7. The van der Waals surface area contributed by atoms with Crippen molar-refractivity contribution in [1.29, 1.82) is 0 Å². The molecule has 100 valence electrons. The van der Waals surface area contributed by atoms with Crippen LogP contribution in [0.15, 0.2) is 0 Å². The summed E-state index contributed by atoms with van der Waals surface area (Å²) >= 11 is 0. The first kappa shape index (κ1) is 14.5. The second kappa shape index (κ2) is 7.67. The SMILES string of the molecule is CCN1CCC(C(C)NCCC(=O)NC)CC1. The monoisotopic (exact) mass is 241 g/mol. The maximum absolute atomic E-state index is 11.1. The number of carbonyl (C=O) groups excluding carboxylic acids is 1. The van der Waals surface area contributed by atoms with Crippen LogP contribution in [-0.2, 0) is 4.79 Å². The van der Waals surface area contributed by atoms with E-state index in [0.29, 0.717) is 12.5 Å². The molecule has 1 fully saturated rings. The lowest BCUT2D eigenvalue weighted by Gasteiger charge is -2.34. The fraction of sp³-hybridized carbons (Fsp3) is 0.923. The summed E-state index contributed by atoms with van der Waals surface area (Å²) in [6.45, 7) is 8.88. The van der Waals surface area contributed by atoms with Gasteiger partial charge in [0.2, 0.25) is 5.91 Å². The third kappa shape index (κ3) is 5.04. The Hall–Kier alpha value is -0.610. The Balaban J connectivity index is 2.15. The number of hydrogen-bond donors (Lipinski definition) is 2. The molecule has 1 unspecified atom stereocenters. The van der Waals surface area contributed by atoms with Crippen LogP contribution in [0.3, 0.4) is 0 Å². The first-order valence-electron chi connectivity index (χ1n) is 6.83. The van der Waals surface area contributed by atoms with E-state index in [-0.39, 0.29) is 5.91 Å². The number of amides is 1. The van der Waals surface area contributed by atoms with Gasteiger partial charge in [-0.15, -0.1) is 0 Å². The minimum atomic E-state index is 0.116. The summed E-state index contributed by atoms with van der Waals surface area (Å²) in [5, 5.41) is 6.12. The van der Waals surface area contributed by atoms with E-state index in [1.54, 1.807) is 7.05 Å². The molecule has 1 amide bonds. The Morgan fingerprint density at radius 3 is 2.59 bits per heavy atom. The number of hydrogen-bond acceptors (Lipinski definition) is 3. The molecule has 0 aliphatic carbocycles. The normalized spacial score (nSPS) is 20.2. The molecule has 1 atom stereocenters. The van der Waals surface area contributed by atoms with Crippen molar-refractivity contribution in [1.82, 2.24) is 15.5 Å². The molecule has 0 radical (unpaired) electrons. The molecule has 0 aromatic carbocycles. The highest BCUT2D eigenvalue weighted by atomic mass is 16.1. The van der Waals surface area contributed by atoms with Crippen LogP contribution in [0, 0.1) is 5.92 Å². The van der Waals surface area contributed by atoms with Crippen molar-refractivity contribution in [3.63, 3.8) is 0 Å². The smallest absolute Gasteiger partial charge is 0.221 e. The number of carbonyl (C=O) groups is 1. The lowest BCUT2D eigenvalue weighted by atomic mass is 9.90. The summed E-state index contributed by atoms with van der Waals surface area (Å²) in [6, 6.07) is 0.527. The molecule has 4 heteroatoms. The first-order chi connectivity index (χ1) is 8.17. The van der Waals surface area contributed by atoms with Gasteiger partial charge >= 0.3 is 0 Å². The van der Waals surface area contributed by atoms with Crippen molar-refractivity contribution in [2.45, 2.75) is 39.2 Å². The van der Waals surface area contributed by atoms with Crippen LogP contribution in [0.25, 0.3) is 0 Å². The highest BCUT2D eigenvalue weighted by Gasteiger charge is 2.22. The predicted octanol–water partition coefficient (Wildman–Crippen LogP) is 0.833. The second-order valence-electron chi connectivity index (χ2n) is 4.94. The number of likely N-dealkylation sites (tertiary alicyclic amines) is 1. The largest absolute Gasteiger partial charge is 0.359 e. The molecule has 1 heterocycles. The molecule has 1 saturated heterocycles. The van der Waals surface area contributed by atoms with Crippen LogP contribution in [-0.4, -0.2) is 50.1 Å². The molecule has 4 nitrogen and oxygen atoms in total. The lowest BCUT2D eigenvalue weighted by Crippen LogP contribution is -2.42. The van der Waals surface area contributed by atoms with Gasteiger partial charge in [0.1, 0.15) is 0 Å². The molecule has 0 spiro atoms. The summed E-state index contributed by atoms with van der Waals surface area (Å²) in [4.78, 5) is 13.6. The van der Waals surface area contributed by atoms with Crippen LogP contribution in [0.1, 0.15) is 33.1 Å². The average Bonchev–Trinajstić information content (AvgIpc) is 2.38. The van der Waals surface area contributed by atoms with Crippen LogP contribution in [0.5, 0.6) is 0 Å². The van der Waals surface area contributed by atoms with E-state index in [2.05, 4.69) is 29.4 Å². The van der Waals surface area contributed by atoms with Gasteiger partial charge in [-0.05, 0) is 45.3 Å². The maximum atomic E-state index is 11.1. The number of piperidine rings is 1. The van der Waals surface area contributed by atoms with Crippen molar-refractivity contribution < 1.29 is 4.79 Å². The van der Waals surface area contributed by atoms with Crippen LogP contribution in [0.4, 0.5) is 0 Å². The Morgan fingerprint density at radius 1 is 1.41 bits per heavy atom. The maximum Gasteiger partial charge on any atom is 0.221 e. The Bertz CT molecular complexity index is 225. The van der Waals surface area contributed by atoms with E-state index in [0.717, 1.165) is 12.5 Å². The highest BCUT2D eigenvalue weighted by Crippen LogP contribution is 2.20. The van der Waals surface area contributed by atoms with E-state index >= 15 is 0 Å². The van der Waals surface area contributed by atoms with Gasteiger partial charge in [0, 0.05) is 26.1 Å². The zero-order valence-corrected chi connectivity index (χ0v) is 11.5. The van der Waals surface area contributed by atoms with Gasteiger partial charge < -0.3 is 15.5 Å². The van der Waals surface area contributed by atoms with Gasteiger partial charge in [0.05, 0.1) is 0 Å². The molecule has 0 bridgehead atoms. The van der Waals surface area contributed by atoms with Gasteiger partial charge in [-0.2, -0.15) is 0 Å². The molecule has 1 aliphatic rings. The third-order valence-corrected chi connectivity index (χ3v) is 3.88. The van der Waals surface area contributed by atoms with Gasteiger partial charge in [-0.3, -0.25) is 4.79 Å². The predicted molar refractivity (Wildman–Crippen MR) is 71.0 cm³/mol. The molecular weight excluding hydrogens is 214 g/mol. The molecule has 1 aliphatic heterocycles. The molecule has 2 N–H and O–H groups in total. The quantitative estimate of drug-likeness (QED) is 0.724. The molecule has 0 saturated carbocycles. The molecule has 0 aromatic rings. The summed E-state index contributed by atoms with van der Waals surface area (Å²) in [6.07, 6.45) is 3.14. The number of nitrogens with zero attached hydrogens (tertiary/aromatic N) is 1. The highest BCUT2D eigenvalue weighted by molar-refractivity contribution is 5.75. The summed E-state index contributed by atoms with van der Waals surface area (Å²) in [7, 11) is 1.69. The Morgan fingerprint density at radius 2 is 2.06 bits per heavy atom. The van der Waals surface area contributed by atoms with Crippen LogP contribution >= 0.6 is 0 Å². The van der Waals surface area contributed by atoms with E-state index in [4.69, 9.17) is 0 Å². The van der Waals surface area contributed by atoms with E-state index in [1.807, 2.05) is 0 Å². The molecule has 0 aromatic heterocycles. The van der Waals surface area contributed by atoms with Gasteiger partial charge in [-0.25, -0.2) is 0 Å². The minimum absolute atomic E-state index is 0.116. The van der Waals surface area contributed by atoms with E-state index in [1.165, 1.54) is 32.5 Å². The van der Waals surface area contributed by atoms with E-state index < -0.39 is 0 Å². The van der Waals surface area contributed by atoms with Gasteiger partial charge in [0.25, 0.3) is 0 Å². The molecule has 1 rings (SSSR count). The number of nitrogens with one attached hydrogen (secondary N) is 2. The van der Waals surface area contributed by atoms with Crippen molar-refractivity contribution in [3.05, 3.63) is 0 Å². The third-order valence-electron chi connectivity index (χ3n) is 3.88. The fourth-order valence-corrected chi connectivity index (χ4v) is 2.47. The second-order valence-corrected chi connectivity index (χ2v) is 4.94. The van der Waals surface area contributed by atoms with Crippen molar-refractivity contribution >= 4 is 5.91 Å². The summed E-state index contributed by atoms with van der Waals surface area (Å²) < 4.78 is 0. The summed E-state index contributed by atoms with van der Waals surface area (Å²) in [5.74, 6) is 0.882. The first-order valence-corrected chi connectivity index (χ1v) is 6.83. The molecule has 17 heavy (non-hydrogen) atoms. The van der Waals surface area contributed by atoms with Gasteiger partial charge in [0.15, 0.2) is 0 Å². The van der Waals surface area contributed by atoms with Crippen molar-refractivity contribution in [2.24, 2.45) is 5.92 Å². The topological polar surface area (TPSA) is 44.4 Å². The van der Waals surface area contributed by atoms with Crippen molar-refractivity contribution in [3.8, 4) is 0 Å². The van der Waals surface area contributed by atoms with Gasteiger partial charge in [-0.1, -0.05) is 6.92 Å². The standard InChI is InChI=1S/C13H27N3O/c1-4-16-9-6-12(7-10-16)11(2)15-8-5-13(17)14-3/h11-12,15H,4-10H2,1-3H3,(H,14,17).